The third kappa shape index (κ3) is 5.36. The Kier molecular flexibility index (Phi) is 7.49. The fourth-order valence-electron chi connectivity index (χ4n) is 5.16. The number of aromatic nitrogens is 2. The van der Waals surface area contributed by atoms with Crippen LogP contribution in [0.1, 0.15) is 30.9 Å². The second kappa shape index (κ2) is 11.0. The van der Waals surface area contributed by atoms with Gasteiger partial charge in [-0.05, 0) is 35.7 Å². The number of aryl methyl sites for hydroxylation is 1. The van der Waals surface area contributed by atoms with E-state index in [0.29, 0.717) is 30.7 Å². The normalized spacial score (nSPS) is 14.9. The summed E-state index contributed by atoms with van der Waals surface area (Å²) in [6, 6.07) is 18.4. The zero-order valence-corrected chi connectivity index (χ0v) is 22.4. The van der Waals surface area contributed by atoms with Gasteiger partial charge in [-0.15, -0.1) is 0 Å². The van der Waals surface area contributed by atoms with Crippen LogP contribution in [0.15, 0.2) is 67.0 Å². The Balaban J connectivity index is 1.40. The highest BCUT2D eigenvalue weighted by Gasteiger charge is 2.30. The van der Waals surface area contributed by atoms with Crippen LogP contribution in [0.25, 0.3) is 22.2 Å². The third-order valence-electron chi connectivity index (χ3n) is 7.16. The Morgan fingerprint density at radius 3 is 2.43 bits per heavy atom. The SMILES string of the molecule is Cc1c[nH]c2ncc(-c3ccccc3)c(N3CCN(C(=O)[C@H](CNC(C)C)c4ccc(Cl)cc4)CC3)c12. The van der Waals surface area contributed by atoms with E-state index in [4.69, 9.17) is 16.6 Å². The lowest BCUT2D eigenvalue weighted by atomic mass is 9.96. The van der Waals surface area contributed by atoms with E-state index in [1.807, 2.05) is 47.6 Å². The number of rotatable bonds is 7. The summed E-state index contributed by atoms with van der Waals surface area (Å²) in [5, 5.41) is 5.29. The van der Waals surface area contributed by atoms with Crippen molar-refractivity contribution in [3.63, 3.8) is 0 Å². The van der Waals surface area contributed by atoms with Gasteiger partial charge in [0.25, 0.3) is 0 Å². The number of anilines is 1. The Bertz CT molecular complexity index is 1360. The molecule has 4 aromatic rings. The first-order chi connectivity index (χ1) is 17.9. The molecule has 2 aromatic heterocycles. The third-order valence-corrected chi connectivity index (χ3v) is 7.42. The van der Waals surface area contributed by atoms with Crippen LogP contribution in [-0.2, 0) is 4.79 Å². The predicted octanol–water partition coefficient (Wildman–Crippen LogP) is 5.62. The van der Waals surface area contributed by atoms with E-state index in [9.17, 15) is 4.79 Å². The van der Waals surface area contributed by atoms with Gasteiger partial charge in [-0.2, -0.15) is 0 Å². The van der Waals surface area contributed by atoms with E-state index in [1.54, 1.807) is 0 Å². The molecule has 0 saturated carbocycles. The summed E-state index contributed by atoms with van der Waals surface area (Å²) < 4.78 is 0. The maximum atomic E-state index is 13.8. The summed E-state index contributed by atoms with van der Waals surface area (Å²) in [6.45, 7) is 9.80. The molecule has 1 aliphatic heterocycles. The van der Waals surface area contributed by atoms with Gasteiger partial charge in [-0.1, -0.05) is 67.9 Å². The first-order valence-corrected chi connectivity index (χ1v) is 13.3. The number of H-pyrrole nitrogens is 1. The van der Waals surface area contributed by atoms with E-state index >= 15 is 0 Å². The van der Waals surface area contributed by atoms with Gasteiger partial charge >= 0.3 is 0 Å². The molecule has 1 amide bonds. The highest BCUT2D eigenvalue weighted by molar-refractivity contribution is 6.30. The summed E-state index contributed by atoms with van der Waals surface area (Å²) in [5.41, 5.74) is 6.53. The molecule has 1 fully saturated rings. The van der Waals surface area contributed by atoms with E-state index in [-0.39, 0.29) is 11.8 Å². The van der Waals surface area contributed by atoms with Crippen LogP contribution < -0.4 is 10.2 Å². The molecular weight excluding hydrogens is 482 g/mol. The largest absolute Gasteiger partial charge is 0.367 e. The topological polar surface area (TPSA) is 64.3 Å². The fraction of sp³-hybridized carbons (Fsp3) is 0.333. The molecule has 3 heterocycles. The number of nitrogens with one attached hydrogen (secondary N) is 2. The maximum absolute atomic E-state index is 13.8. The van der Waals surface area contributed by atoms with Crippen LogP contribution in [0.2, 0.25) is 5.02 Å². The van der Waals surface area contributed by atoms with Crippen LogP contribution in [0, 0.1) is 6.92 Å². The molecule has 0 bridgehead atoms. The summed E-state index contributed by atoms with van der Waals surface area (Å²) in [4.78, 5) is 26.2. The van der Waals surface area contributed by atoms with Gasteiger partial charge in [0, 0.05) is 67.1 Å². The molecular formula is C30H34ClN5O. The number of benzene rings is 2. The number of carbonyl (C=O) groups is 1. The number of fused-ring (bicyclic) bond motifs is 1. The molecule has 5 rings (SSSR count). The van der Waals surface area contributed by atoms with Crippen molar-refractivity contribution in [3.8, 4) is 11.1 Å². The molecule has 7 heteroatoms. The van der Waals surface area contributed by atoms with Crippen LogP contribution in [-0.4, -0.2) is 59.5 Å². The highest BCUT2D eigenvalue weighted by Crippen LogP contribution is 2.38. The van der Waals surface area contributed by atoms with Gasteiger partial charge in [-0.3, -0.25) is 4.79 Å². The molecule has 37 heavy (non-hydrogen) atoms. The highest BCUT2D eigenvalue weighted by atomic mass is 35.5. The minimum absolute atomic E-state index is 0.163. The van der Waals surface area contributed by atoms with Gasteiger partial charge in [0.05, 0.1) is 11.6 Å². The van der Waals surface area contributed by atoms with E-state index in [0.717, 1.165) is 40.8 Å². The second-order valence-corrected chi connectivity index (χ2v) is 10.5. The van der Waals surface area contributed by atoms with Gasteiger partial charge in [0.2, 0.25) is 5.91 Å². The Morgan fingerprint density at radius 2 is 1.76 bits per heavy atom. The molecule has 6 nitrogen and oxygen atoms in total. The first-order valence-electron chi connectivity index (χ1n) is 13.0. The Morgan fingerprint density at radius 1 is 1.05 bits per heavy atom. The molecule has 192 valence electrons. The van der Waals surface area contributed by atoms with Crippen molar-refractivity contribution in [2.75, 3.05) is 37.6 Å². The zero-order chi connectivity index (χ0) is 25.9. The number of aromatic amines is 1. The maximum Gasteiger partial charge on any atom is 0.231 e. The quantitative estimate of drug-likeness (QED) is 0.335. The number of halogens is 1. The summed E-state index contributed by atoms with van der Waals surface area (Å²) in [5.74, 6) is -0.0817. The monoisotopic (exact) mass is 515 g/mol. The van der Waals surface area contributed by atoms with Crippen LogP contribution in [0.5, 0.6) is 0 Å². The van der Waals surface area contributed by atoms with E-state index < -0.39 is 0 Å². The molecule has 1 aliphatic rings. The van der Waals surface area contributed by atoms with Crippen molar-refractivity contribution < 1.29 is 4.79 Å². The van der Waals surface area contributed by atoms with E-state index in [2.05, 4.69) is 60.2 Å². The molecule has 0 radical (unpaired) electrons. The number of hydrogen-bond donors (Lipinski definition) is 2. The smallest absolute Gasteiger partial charge is 0.231 e. The minimum Gasteiger partial charge on any atom is -0.367 e. The molecule has 1 atom stereocenters. The number of amides is 1. The summed E-state index contributed by atoms with van der Waals surface area (Å²) in [7, 11) is 0. The average molecular weight is 516 g/mol. The lowest BCUT2D eigenvalue weighted by Crippen LogP contribution is -2.51. The minimum atomic E-state index is -0.245. The first kappa shape index (κ1) is 25.3. The summed E-state index contributed by atoms with van der Waals surface area (Å²) in [6.07, 6.45) is 3.99. The lowest BCUT2D eigenvalue weighted by Gasteiger charge is -2.39. The zero-order valence-electron chi connectivity index (χ0n) is 21.7. The van der Waals surface area contributed by atoms with Crippen molar-refractivity contribution in [2.24, 2.45) is 0 Å². The lowest BCUT2D eigenvalue weighted by molar-refractivity contribution is -0.133. The molecule has 2 aromatic carbocycles. The molecule has 2 N–H and O–H groups in total. The molecule has 0 aliphatic carbocycles. The molecule has 1 saturated heterocycles. The van der Waals surface area contributed by atoms with Gasteiger partial charge in [0.1, 0.15) is 5.65 Å². The molecule has 0 spiro atoms. The van der Waals surface area contributed by atoms with Crippen molar-refractivity contribution in [3.05, 3.63) is 83.1 Å². The Hall–Kier alpha value is -3.35. The van der Waals surface area contributed by atoms with Crippen LogP contribution in [0.4, 0.5) is 5.69 Å². The molecule has 0 unspecified atom stereocenters. The van der Waals surface area contributed by atoms with Gasteiger partial charge < -0.3 is 20.1 Å². The van der Waals surface area contributed by atoms with Crippen LogP contribution in [0.3, 0.4) is 0 Å². The average Bonchev–Trinajstić information content (AvgIpc) is 3.30. The number of nitrogens with zero attached hydrogens (tertiary/aromatic N) is 3. The second-order valence-electron chi connectivity index (χ2n) is 10.1. The van der Waals surface area contributed by atoms with Gasteiger partial charge in [0.15, 0.2) is 0 Å². The van der Waals surface area contributed by atoms with Crippen molar-refractivity contribution in [2.45, 2.75) is 32.7 Å². The van der Waals surface area contributed by atoms with Crippen molar-refractivity contribution >= 4 is 34.2 Å². The summed E-state index contributed by atoms with van der Waals surface area (Å²) >= 11 is 6.12. The number of hydrogen-bond acceptors (Lipinski definition) is 4. The standard InChI is InChI=1S/C30H34ClN5O/c1-20(2)32-19-26(23-9-11-24(31)12-10-23)30(37)36-15-13-35(14-16-36)28-25(22-7-5-4-6-8-22)18-34-29-27(28)21(3)17-33-29/h4-12,17-18,20,26,32H,13-16,19H2,1-3H3,(H,33,34)/t26-/m1/s1. The number of carbonyl (C=O) groups excluding carboxylic acids is 1. The number of piperazine rings is 1. The predicted molar refractivity (Wildman–Crippen MR) is 152 cm³/mol. The van der Waals surface area contributed by atoms with Gasteiger partial charge in [-0.25, -0.2) is 4.98 Å². The van der Waals surface area contributed by atoms with E-state index in [1.165, 1.54) is 11.3 Å². The van der Waals surface area contributed by atoms with Crippen LogP contribution >= 0.6 is 11.6 Å². The van der Waals surface area contributed by atoms with Crippen molar-refractivity contribution in [1.29, 1.82) is 0 Å². The number of pyridine rings is 1. The Labute approximate surface area is 223 Å². The van der Waals surface area contributed by atoms with Crippen molar-refractivity contribution in [1.82, 2.24) is 20.2 Å². The fourth-order valence-corrected chi connectivity index (χ4v) is 5.28.